The molecule has 0 aromatic heterocycles. The minimum atomic E-state index is -3.00. The zero-order valence-corrected chi connectivity index (χ0v) is 8.92. The average molecular weight is 207 g/mol. The lowest BCUT2D eigenvalue weighted by atomic mass is 10.2. The number of rotatable bonds is 3. The molecule has 0 saturated carbocycles. The standard InChI is InChI=1S/C8H17NO3S/c1-3-9(4-2)7-5-13(11,12)6-8(7)10/h7-8,10H,3-6H2,1-2H3/t7?,8-/m1/s1. The number of aliphatic hydroxyl groups is 1. The van der Waals surface area contributed by atoms with E-state index in [1.165, 1.54) is 0 Å². The summed E-state index contributed by atoms with van der Waals surface area (Å²) in [5.74, 6) is 0.0318. The van der Waals surface area contributed by atoms with E-state index in [1.54, 1.807) is 0 Å². The van der Waals surface area contributed by atoms with Crippen LogP contribution in [-0.4, -0.2) is 55.2 Å². The fourth-order valence-electron chi connectivity index (χ4n) is 1.85. The molecule has 1 rings (SSSR count). The molecule has 78 valence electrons. The van der Waals surface area contributed by atoms with Gasteiger partial charge >= 0.3 is 0 Å². The van der Waals surface area contributed by atoms with E-state index in [9.17, 15) is 13.5 Å². The highest BCUT2D eigenvalue weighted by Gasteiger charge is 2.38. The van der Waals surface area contributed by atoms with E-state index in [0.717, 1.165) is 13.1 Å². The van der Waals surface area contributed by atoms with E-state index >= 15 is 0 Å². The Kier molecular flexibility index (Phi) is 3.32. The monoisotopic (exact) mass is 207 g/mol. The van der Waals surface area contributed by atoms with Gasteiger partial charge in [-0.1, -0.05) is 13.8 Å². The van der Waals surface area contributed by atoms with Crippen molar-refractivity contribution < 1.29 is 13.5 Å². The molecule has 1 fully saturated rings. The molecule has 13 heavy (non-hydrogen) atoms. The summed E-state index contributed by atoms with van der Waals surface area (Å²) in [6, 6.07) is -0.194. The summed E-state index contributed by atoms with van der Waals surface area (Å²) < 4.78 is 22.4. The lowest BCUT2D eigenvalue weighted by molar-refractivity contribution is 0.0901. The molecule has 0 aliphatic carbocycles. The molecule has 1 saturated heterocycles. The summed E-state index contributed by atoms with van der Waals surface area (Å²) >= 11 is 0. The van der Waals surface area contributed by atoms with E-state index in [2.05, 4.69) is 0 Å². The highest BCUT2D eigenvalue weighted by molar-refractivity contribution is 7.91. The number of nitrogens with zero attached hydrogens (tertiary/aromatic N) is 1. The first-order chi connectivity index (χ1) is 6.00. The molecule has 1 heterocycles. The Morgan fingerprint density at radius 1 is 1.31 bits per heavy atom. The maximum absolute atomic E-state index is 11.2. The Bertz CT molecular complexity index is 259. The van der Waals surface area contributed by atoms with Crippen molar-refractivity contribution in [2.45, 2.75) is 26.0 Å². The molecular formula is C8H17NO3S. The van der Waals surface area contributed by atoms with Gasteiger partial charge in [-0.2, -0.15) is 0 Å². The maximum atomic E-state index is 11.2. The fraction of sp³-hybridized carbons (Fsp3) is 1.00. The van der Waals surface area contributed by atoms with E-state index in [0.29, 0.717) is 0 Å². The molecule has 5 heteroatoms. The highest BCUT2D eigenvalue weighted by Crippen LogP contribution is 2.17. The Labute approximate surface area is 79.5 Å². The van der Waals surface area contributed by atoms with Crippen molar-refractivity contribution in [1.82, 2.24) is 4.90 Å². The van der Waals surface area contributed by atoms with Gasteiger partial charge < -0.3 is 5.11 Å². The second-order valence-corrected chi connectivity index (χ2v) is 5.59. The van der Waals surface area contributed by atoms with Crippen LogP contribution in [0.5, 0.6) is 0 Å². The topological polar surface area (TPSA) is 57.6 Å². The molecule has 2 atom stereocenters. The molecule has 0 amide bonds. The third-order valence-electron chi connectivity index (χ3n) is 2.57. The van der Waals surface area contributed by atoms with Crippen molar-refractivity contribution in [3.05, 3.63) is 0 Å². The molecule has 1 unspecified atom stereocenters. The van der Waals surface area contributed by atoms with Crippen LogP contribution in [0.4, 0.5) is 0 Å². The summed E-state index contributed by atoms with van der Waals surface area (Å²) in [6.45, 7) is 5.52. The van der Waals surface area contributed by atoms with Crippen LogP contribution in [0.1, 0.15) is 13.8 Å². The van der Waals surface area contributed by atoms with Crippen LogP contribution in [0.15, 0.2) is 0 Å². The van der Waals surface area contributed by atoms with Gasteiger partial charge in [0, 0.05) is 0 Å². The van der Waals surface area contributed by atoms with Gasteiger partial charge in [0.05, 0.1) is 23.7 Å². The SMILES string of the molecule is CCN(CC)C1CS(=O)(=O)C[C@H]1O. The maximum Gasteiger partial charge on any atom is 0.154 e. The van der Waals surface area contributed by atoms with E-state index in [-0.39, 0.29) is 17.5 Å². The van der Waals surface area contributed by atoms with E-state index < -0.39 is 15.9 Å². The summed E-state index contributed by atoms with van der Waals surface area (Å²) in [6.07, 6.45) is -0.704. The van der Waals surface area contributed by atoms with Crippen molar-refractivity contribution in [2.75, 3.05) is 24.6 Å². The van der Waals surface area contributed by atoms with E-state index in [4.69, 9.17) is 0 Å². The Balaban J connectivity index is 2.72. The van der Waals surface area contributed by atoms with Gasteiger partial charge in [0.1, 0.15) is 0 Å². The van der Waals surface area contributed by atoms with Crippen LogP contribution >= 0.6 is 0 Å². The lowest BCUT2D eigenvalue weighted by Crippen LogP contribution is -2.42. The van der Waals surface area contributed by atoms with Crippen molar-refractivity contribution >= 4 is 9.84 Å². The van der Waals surface area contributed by atoms with Crippen molar-refractivity contribution in [1.29, 1.82) is 0 Å². The molecule has 0 aromatic carbocycles. The summed E-state index contributed by atoms with van der Waals surface area (Å²) in [5.41, 5.74) is 0. The first-order valence-corrected chi connectivity index (χ1v) is 6.44. The third kappa shape index (κ3) is 2.42. The fourth-order valence-corrected chi connectivity index (χ4v) is 3.68. The predicted octanol–water partition coefficient (Wildman–Crippen LogP) is -0.514. The molecule has 0 radical (unpaired) electrons. The normalized spacial score (nSPS) is 32.6. The van der Waals surface area contributed by atoms with Crippen LogP contribution in [0.3, 0.4) is 0 Å². The van der Waals surface area contributed by atoms with Gasteiger partial charge in [0.2, 0.25) is 0 Å². The number of likely N-dealkylation sites (N-methyl/N-ethyl adjacent to an activating group) is 1. The minimum absolute atomic E-state index is 0.0752. The van der Waals surface area contributed by atoms with Gasteiger partial charge in [0.15, 0.2) is 9.84 Å². The van der Waals surface area contributed by atoms with Gasteiger partial charge in [-0.25, -0.2) is 8.42 Å². The minimum Gasteiger partial charge on any atom is -0.390 e. The average Bonchev–Trinajstić information content (AvgIpc) is 2.28. The zero-order chi connectivity index (χ0) is 10.1. The second-order valence-electron chi connectivity index (χ2n) is 3.43. The summed E-state index contributed by atoms with van der Waals surface area (Å²) in [7, 11) is -3.00. The Morgan fingerprint density at radius 2 is 1.85 bits per heavy atom. The molecule has 0 bridgehead atoms. The summed E-state index contributed by atoms with van der Waals surface area (Å²) in [4.78, 5) is 2.00. The van der Waals surface area contributed by atoms with Crippen LogP contribution in [0.2, 0.25) is 0 Å². The molecule has 1 aliphatic heterocycles. The second kappa shape index (κ2) is 3.94. The molecule has 0 aromatic rings. The Morgan fingerprint density at radius 3 is 2.15 bits per heavy atom. The summed E-state index contributed by atoms with van der Waals surface area (Å²) in [5, 5.41) is 9.54. The predicted molar refractivity (Wildman–Crippen MR) is 51.4 cm³/mol. The number of aliphatic hydroxyl groups excluding tert-OH is 1. The van der Waals surface area contributed by atoms with Crippen LogP contribution < -0.4 is 0 Å². The van der Waals surface area contributed by atoms with E-state index in [1.807, 2.05) is 18.7 Å². The lowest BCUT2D eigenvalue weighted by Gasteiger charge is -2.27. The first-order valence-electron chi connectivity index (χ1n) is 4.62. The number of hydrogen-bond acceptors (Lipinski definition) is 4. The zero-order valence-electron chi connectivity index (χ0n) is 8.10. The van der Waals surface area contributed by atoms with Crippen molar-refractivity contribution in [3.8, 4) is 0 Å². The smallest absolute Gasteiger partial charge is 0.154 e. The van der Waals surface area contributed by atoms with Gasteiger partial charge in [0.25, 0.3) is 0 Å². The van der Waals surface area contributed by atoms with Crippen LogP contribution in [0.25, 0.3) is 0 Å². The van der Waals surface area contributed by atoms with Crippen molar-refractivity contribution in [2.24, 2.45) is 0 Å². The number of hydrogen-bond donors (Lipinski definition) is 1. The molecule has 1 N–H and O–H groups in total. The molecular weight excluding hydrogens is 190 g/mol. The highest BCUT2D eigenvalue weighted by atomic mass is 32.2. The van der Waals surface area contributed by atoms with Crippen LogP contribution in [0, 0.1) is 0 Å². The van der Waals surface area contributed by atoms with Crippen LogP contribution in [-0.2, 0) is 9.84 Å². The third-order valence-corrected chi connectivity index (χ3v) is 4.27. The molecule has 1 aliphatic rings. The molecule has 4 nitrogen and oxygen atoms in total. The van der Waals surface area contributed by atoms with Gasteiger partial charge in [-0.05, 0) is 13.1 Å². The van der Waals surface area contributed by atoms with Gasteiger partial charge in [-0.3, -0.25) is 4.90 Å². The van der Waals surface area contributed by atoms with Gasteiger partial charge in [-0.15, -0.1) is 0 Å². The number of sulfone groups is 1. The largest absolute Gasteiger partial charge is 0.390 e. The first kappa shape index (κ1) is 10.9. The Hall–Kier alpha value is -0.130. The molecule has 0 spiro atoms. The quantitative estimate of drug-likeness (QED) is 0.677. The van der Waals surface area contributed by atoms with Crippen molar-refractivity contribution in [3.63, 3.8) is 0 Å².